The van der Waals surface area contributed by atoms with Gasteiger partial charge in [-0.1, -0.05) is 23.2 Å². The van der Waals surface area contributed by atoms with Gasteiger partial charge in [0, 0.05) is 0 Å². The largest absolute Gasteiger partial charge is 0.457 e. The van der Waals surface area contributed by atoms with E-state index in [-0.39, 0.29) is 23.9 Å². The fourth-order valence-electron chi connectivity index (χ4n) is 0.452. The van der Waals surface area contributed by atoms with Crippen LogP contribution in [0.15, 0.2) is 0 Å². The summed E-state index contributed by atoms with van der Waals surface area (Å²) in [5, 5.41) is 0. The molecule has 0 fully saturated rings. The van der Waals surface area contributed by atoms with E-state index < -0.39 is 0 Å². The minimum Gasteiger partial charge on any atom is -0.457 e. The number of aromatic nitrogens is 2. The molecular formula is C4H4Cl2N2O2S. The summed E-state index contributed by atoms with van der Waals surface area (Å²) in [4.78, 5) is 0. The molecule has 1 rings (SSSR count). The molecular weight excluding hydrogens is 211 g/mol. The molecule has 62 valence electrons. The Balaban J connectivity index is 2.62. The highest BCUT2D eigenvalue weighted by Gasteiger charge is 2.09. The molecule has 11 heavy (non-hydrogen) atoms. The molecule has 0 aliphatic rings. The van der Waals surface area contributed by atoms with Gasteiger partial charge in [-0.05, 0) is 0 Å². The monoisotopic (exact) mass is 214 g/mol. The Hall–Kier alpha value is -0.260. The summed E-state index contributed by atoms with van der Waals surface area (Å²) in [6.45, 7) is 0. The summed E-state index contributed by atoms with van der Waals surface area (Å²) in [6, 6.07) is 0.0358. The van der Waals surface area contributed by atoms with Crippen LogP contribution >= 0.6 is 34.9 Å². The fraction of sp³-hybridized carbons (Fsp3) is 0.500. The molecule has 1 heterocycles. The first kappa shape index (κ1) is 8.83. The van der Waals surface area contributed by atoms with Gasteiger partial charge in [-0.15, -0.1) is 8.75 Å². The fourth-order valence-corrected chi connectivity index (χ4v) is 1.11. The summed E-state index contributed by atoms with van der Waals surface area (Å²) < 4.78 is 17.2. The number of halogens is 2. The van der Waals surface area contributed by atoms with Gasteiger partial charge in [-0.3, -0.25) is 0 Å². The molecule has 0 atom stereocenters. The molecule has 0 aliphatic carbocycles. The van der Waals surface area contributed by atoms with E-state index in [0.29, 0.717) is 0 Å². The van der Waals surface area contributed by atoms with Gasteiger partial charge in [0.1, 0.15) is 0 Å². The van der Waals surface area contributed by atoms with Crippen molar-refractivity contribution in [3.8, 4) is 11.8 Å². The first-order valence-electron chi connectivity index (χ1n) is 2.58. The van der Waals surface area contributed by atoms with Crippen molar-refractivity contribution in [2.45, 2.75) is 0 Å². The quantitative estimate of drug-likeness (QED) is 0.717. The van der Waals surface area contributed by atoms with Gasteiger partial charge in [0.2, 0.25) is 0 Å². The van der Waals surface area contributed by atoms with Gasteiger partial charge in [0.15, 0.2) is 12.1 Å². The van der Waals surface area contributed by atoms with Crippen LogP contribution in [0.5, 0.6) is 11.8 Å². The van der Waals surface area contributed by atoms with Gasteiger partial charge in [0.05, 0.1) is 11.7 Å². The summed E-state index contributed by atoms with van der Waals surface area (Å²) in [6.07, 6.45) is 0. The zero-order valence-corrected chi connectivity index (χ0v) is 7.62. The Morgan fingerprint density at radius 2 is 1.55 bits per heavy atom. The zero-order chi connectivity index (χ0) is 8.10. The van der Waals surface area contributed by atoms with Crippen molar-refractivity contribution in [2.75, 3.05) is 12.1 Å². The van der Waals surface area contributed by atoms with Crippen molar-refractivity contribution in [1.82, 2.24) is 8.75 Å². The van der Waals surface area contributed by atoms with E-state index in [4.69, 9.17) is 32.7 Å². The molecule has 0 saturated heterocycles. The average Bonchev–Trinajstić information content (AvgIpc) is 2.39. The maximum atomic E-state index is 5.29. The Labute approximate surface area is 77.4 Å². The van der Waals surface area contributed by atoms with Crippen LogP contribution in [0.1, 0.15) is 0 Å². The molecule has 7 heteroatoms. The van der Waals surface area contributed by atoms with E-state index in [1.54, 1.807) is 0 Å². The average molecular weight is 215 g/mol. The predicted octanol–water partition coefficient (Wildman–Crippen LogP) is 1.69. The van der Waals surface area contributed by atoms with Gasteiger partial charge in [-0.2, -0.15) is 0 Å². The maximum Gasteiger partial charge on any atom is 0.292 e. The predicted molar refractivity (Wildman–Crippen MR) is 42.6 cm³/mol. The van der Waals surface area contributed by atoms with Crippen molar-refractivity contribution in [3.63, 3.8) is 0 Å². The first-order chi connectivity index (χ1) is 5.38. The van der Waals surface area contributed by atoms with Crippen LogP contribution in [0.4, 0.5) is 0 Å². The number of alkyl halides is 2. The van der Waals surface area contributed by atoms with Gasteiger partial charge < -0.3 is 9.47 Å². The van der Waals surface area contributed by atoms with Crippen LogP contribution < -0.4 is 9.47 Å². The molecule has 0 aromatic carbocycles. The third-order valence-corrected chi connectivity index (χ3v) is 1.53. The lowest BCUT2D eigenvalue weighted by Crippen LogP contribution is -1.94. The van der Waals surface area contributed by atoms with Crippen LogP contribution in [-0.2, 0) is 0 Å². The summed E-state index contributed by atoms with van der Waals surface area (Å²) in [5.74, 6) is 0.566. The Kier molecular flexibility index (Phi) is 3.68. The van der Waals surface area contributed by atoms with Crippen molar-refractivity contribution in [2.24, 2.45) is 0 Å². The molecule has 1 aromatic rings. The molecule has 0 spiro atoms. The molecule has 0 amide bonds. The number of hydrogen-bond donors (Lipinski definition) is 0. The lowest BCUT2D eigenvalue weighted by molar-refractivity contribution is 0.317. The lowest BCUT2D eigenvalue weighted by Gasteiger charge is -1.98. The van der Waals surface area contributed by atoms with Crippen LogP contribution in [0, 0.1) is 0 Å². The SMILES string of the molecule is ClCOc1nsnc1OCCl. The van der Waals surface area contributed by atoms with E-state index in [0.717, 1.165) is 11.7 Å². The maximum absolute atomic E-state index is 5.29. The zero-order valence-electron chi connectivity index (χ0n) is 5.29. The van der Waals surface area contributed by atoms with Crippen molar-refractivity contribution < 1.29 is 9.47 Å². The Bertz CT molecular complexity index is 199. The van der Waals surface area contributed by atoms with Crippen LogP contribution in [0.25, 0.3) is 0 Å². The van der Waals surface area contributed by atoms with E-state index in [2.05, 4.69) is 8.75 Å². The van der Waals surface area contributed by atoms with E-state index in [1.807, 2.05) is 0 Å². The summed E-state index contributed by atoms with van der Waals surface area (Å²) in [7, 11) is 0. The van der Waals surface area contributed by atoms with Crippen molar-refractivity contribution in [3.05, 3.63) is 0 Å². The second-order valence-electron chi connectivity index (χ2n) is 1.38. The minimum atomic E-state index is 0.0179. The van der Waals surface area contributed by atoms with Gasteiger partial charge in [-0.25, -0.2) is 0 Å². The topological polar surface area (TPSA) is 44.2 Å². The molecule has 0 aliphatic heterocycles. The van der Waals surface area contributed by atoms with E-state index in [1.165, 1.54) is 0 Å². The standard InChI is InChI=1S/C4H4Cl2N2O2S/c5-1-9-3-4(10-2-6)8-11-7-3/h1-2H2. The van der Waals surface area contributed by atoms with Crippen molar-refractivity contribution in [1.29, 1.82) is 0 Å². The molecule has 0 radical (unpaired) electrons. The normalized spacial score (nSPS) is 9.64. The first-order valence-corrected chi connectivity index (χ1v) is 4.38. The highest BCUT2D eigenvalue weighted by atomic mass is 35.5. The minimum absolute atomic E-state index is 0.0179. The number of nitrogens with zero attached hydrogens (tertiary/aromatic N) is 2. The van der Waals surface area contributed by atoms with Gasteiger partial charge in [0.25, 0.3) is 11.8 Å². The summed E-state index contributed by atoms with van der Waals surface area (Å²) >= 11 is 11.6. The molecule has 0 bridgehead atoms. The molecule has 0 saturated carbocycles. The third kappa shape index (κ3) is 2.36. The van der Waals surface area contributed by atoms with Gasteiger partial charge >= 0.3 is 0 Å². The highest BCUT2D eigenvalue weighted by molar-refractivity contribution is 6.99. The Morgan fingerprint density at radius 1 is 1.09 bits per heavy atom. The van der Waals surface area contributed by atoms with Crippen molar-refractivity contribution >= 4 is 34.9 Å². The molecule has 0 unspecified atom stereocenters. The van der Waals surface area contributed by atoms with Crippen LogP contribution in [0.2, 0.25) is 0 Å². The second-order valence-corrected chi connectivity index (χ2v) is 2.35. The number of ether oxygens (including phenoxy) is 2. The highest BCUT2D eigenvalue weighted by Crippen LogP contribution is 2.23. The molecule has 0 N–H and O–H groups in total. The smallest absolute Gasteiger partial charge is 0.292 e. The van der Waals surface area contributed by atoms with E-state index >= 15 is 0 Å². The van der Waals surface area contributed by atoms with Crippen LogP contribution in [0.3, 0.4) is 0 Å². The molecule has 1 aromatic heterocycles. The Morgan fingerprint density at radius 3 is 1.91 bits per heavy atom. The van der Waals surface area contributed by atoms with E-state index in [9.17, 15) is 0 Å². The number of hydrogen-bond acceptors (Lipinski definition) is 5. The second kappa shape index (κ2) is 4.58. The third-order valence-electron chi connectivity index (χ3n) is 0.813. The van der Waals surface area contributed by atoms with Crippen LogP contribution in [-0.4, -0.2) is 20.9 Å². The lowest BCUT2D eigenvalue weighted by atomic mass is 10.8. The summed E-state index contributed by atoms with van der Waals surface area (Å²) in [5.41, 5.74) is 0. The number of rotatable bonds is 4. The molecule has 4 nitrogen and oxygen atoms in total.